The molecule has 5 nitrogen and oxygen atoms in total. The first kappa shape index (κ1) is 20.0. The molecule has 150 valence electrons. The molecule has 0 radical (unpaired) electrons. The van der Waals surface area contributed by atoms with Gasteiger partial charge in [0.1, 0.15) is 11.5 Å². The van der Waals surface area contributed by atoms with Crippen LogP contribution in [-0.2, 0) is 15.6 Å². The van der Waals surface area contributed by atoms with Gasteiger partial charge in [-0.15, -0.1) is 0 Å². The van der Waals surface area contributed by atoms with Gasteiger partial charge >= 0.3 is 0 Å². The maximum atomic E-state index is 12.6. The van der Waals surface area contributed by atoms with Gasteiger partial charge in [0.2, 0.25) is 0 Å². The Bertz CT molecular complexity index is 1140. The number of carbonyl (C=O) groups is 1. The van der Waals surface area contributed by atoms with E-state index in [-0.39, 0.29) is 24.7 Å². The summed E-state index contributed by atoms with van der Waals surface area (Å²) in [4.78, 5) is 14.2. The van der Waals surface area contributed by atoms with Gasteiger partial charge in [0.15, 0.2) is 9.84 Å². The number of benzene rings is 2. The van der Waals surface area contributed by atoms with Crippen molar-refractivity contribution in [2.75, 3.05) is 13.1 Å². The van der Waals surface area contributed by atoms with Crippen LogP contribution in [0.1, 0.15) is 16.1 Å². The van der Waals surface area contributed by atoms with Crippen LogP contribution in [-0.4, -0.2) is 37.6 Å². The van der Waals surface area contributed by atoms with Gasteiger partial charge in [0.05, 0.1) is 21.6 Å². The molecular formula is C21H17Cl2NO4S. The molecular weight excluding hydrogens is 433 g/mol. The van der Waals surface area contributed by atoms with Crippen LogP contribution in [0.5, 0.6) is 0 Å². The Hall–Kier alpha value is -2.28. The van der Waals surface area contributed by atoms with E-state index in [0.29, 0.717) is 21.4 Å². The summed E-state index contributed by atoms with van der Waals surface area (Å²) in [6, 6.07) is 15.8. The maximum Gasteiger partial charge on any atom is 0.253 e. The van der Waals surface area contributed by atoms with E-state index < -0.39 is 15.1 Å². The highest BCUT2D eigenvalue weighted by Gasteiger charge is 2.40. The number of hydrogen-bond donors (Lipinski definition) is 0. The van der Waals surface area contributed by atoms with E-state index in [1.165, 1.54) is 6.26 Å². The monoisotopic (exact) mass is 449 g/mol. The van der Waals surface area contributed by atoms with Crippen molar-refractivity contribution in [3.8, 4) is 11.1 Å². The molecule has 1 aliphatic rings. The quantitative estimate of drug-likeness (QED) is 0.566. The molecule has 2 heterocycles. The fourth-order valence-electron chi connectivity index (χ4n) is 3.21. The number of amides is 1. The molecule has 4 rings (SSSR count). The minimum absolute atomic E-state index is 0.148. The zero-order valence-corrected chi connectivity index (χ0v) is 17.5. The zero-order valence-electron chi connectivity index (χ0n) is 15.2. The van der Waals surface area contributed by atoms with Gasteiger partial charge in [-0.2, -0.15) is 0 Å². The average Bonchev–Trinajstić information content (AvgIpc) is 3.15. The van der Waals surface area contributed by atoms with Gasteiger partial charge in [0, 0.05) is 18.7 Å². The molecule has 2 aromatic carbocycles. The molecule has 1 aliphatic heterocycles. The molecule has 1 aromatic heterocycles. The molecule has 29 heavy (non-hydrogen) atoms. The van der Waals surface area contributed by atoms with Gasteiger partial charge in [-0.05, 0) is 47.5 Å². The van der Waals surface area contributed by atoms with Crippen molar-refractivity contribution >= 4 is 38.9 Å². The van der Waals surface area contributed by atoms with Gasteiger partial charge in [0.25, 0.3) is 5.91 Å². The van der Waals surface area contributed by atoms with Gasteiger partial charge in [-0.3, -0.25) is 4.79 Å². The first-order chi connectivity index (χ1) is 13.8. The number of carbonyl (C=O) groups excluding carboxylic acids is 1. The number of rotatable bonds is 5. The second-order valence-corrected chi connectivity index (χ2v) is 10.0. The molecule has 0 bridgehead atoms. The Balaban J connectivity index is 1.40. The largest absolute Gasteiger partial charge is 0.468 e. The minimum atomic E-state index is -3.36. The Morgan fingerprint density at radius 1 is 1.00 bits per heavy atom. The van der Waals surface area contributed by atoms with E-state index in [9.17, 15) is 13.2 Å². The van der Waals surface area contributed by atoms with Crippen LogP contribution in [0.4, 0.5) is 0 Å². The van der Waals surface area contributed by atoms with E-state index in [0.717, 1.165) is 11.1 Å². The molecule has 0 saturated carbocycles. The summed E-state index contributed by atoms with van der Waals surface area (Å²) in [5.74, 6) is 0.0770. The molecule has 3 aromatic rings. The summed E-state index contributed by atoms with van der Waals surface area (Å²) in [6.07, 6.45) is 1.45. The number of nitrogens with zero attached hydrogens (tertiary/aromatic N) is 1. The standard InChI is InChI=1S/C21H17Cl2NO4S/c22-19-8-7-16(10-20(19)23)14-3-5-15(6-4-14)21(25)24-11-18(12-24)29(26,27)13-17-2-1-9-28-17/h1-10,18H,11-13H2. The lowest BCUT2D eigenvalue weighted by Gasteiger charge is -2.38. The van der Waals surface area contributed by atoms with Crippen molar-refractivity contribution in [2.45, 2.75) is 11.0 Å². The number of furan rings is 1. The van der Waals surface area contributed by atoms with Crippen molar-refractivity contribution in [3.05, 3.63) is 82.2 Å². The molecule has 0 atom stereocenters. The van der Waals surface area contributed by atoms with E-state index >= 15 is 0 Å². The first-order valence-electron chi connectivity index (χ1n) is 8.92. The predicted octanol–water partition coefficient (Wildman–Crippen LogP) is 4.69. The molecule has 0 unspecified atom stereocenters. The van der Waals surface area contributed by atoms with Crippen LogP contribution in [0.15, 0.2) is 65.3 Å². The normalized spacial score (nSPS) is 14.6. The molecule has 0 spiro atoms. The Morgan fingerprint density at radius 2 is 1.69 bits per heavy atom. The SMILES string of the molecule is O=C(c1ccc(-c2ccc(Cl)c(Cl)c2)cc1)N1CC(S(=O)(=O)Cc2ccco2)C1. The zero-order chi connectivity index (χ0) is 20.6. The lowest BCUT2D eigenvalue weighted by Crippen LogP contribution is -2.57. The lowest BCUT2D eigenvalue weighted by molar-refractivity contribution is 0.0659. The summed E-state index contributed by atoms with van der Waals surface area (Å²) in [7, 11) is -3.36. The number of halogens is 2. The highest BCUT2D eigenvalue weighted by atomic mass is 35.5. The average molecular weight is 450 g/mol. The van der Waals surface area contributed by atoms with E-state index in [1.807, 2.05) is 18.2 Å². The highest BCUT2D eigenvalue weighted by Crippen LogP contribution is 2.29. The van der Waals surface area contributed by atoms with Crippen molar-refractivity contribution in [3.63, 3.8) is 0 Å². The van der Waals surface area contributed by atoms with Crippen LogP contribution < -0.4 is 0 Å². The lowest BCUT2D eigenvalue weighted by atomic mass is 10.0. The summed E-state index contributed by atoms with van der Waals surface area (Å²) in [5, 5.41) is 0.385. The van der Waals surface area contributed by atoms with Gasteiger partial charge in [-0.25, -0.2) is 8.42 Å². The van der Waals surface area contributed by atoms with Crippen molar-refractivity contribution in [1.29, 1.82) is 0 Å². The Labute approximate surface area is 178 Å². The minimum Gasteiger partial charge on any atom is -0.468 e. The third-order valence-electron chi connectivity index (χ3n) is 4.95. The third kappa shape index (κ3) is 4.20. The summed E-state index contributed by atoms with van der Waals surface area (Å²) in [6.45, 7) is 0.382. The molecule has 1 fully saturated rings. The summed E-state index contributed by atoms with van der Waals surface area (Å²) in [5.41, 5.74) is 2.31. The molecule has 1 saturated heterocycles. The van der Waals surface area contributed by atoms with Crippen LogP contribution >= 0.6 is 23.2 Å². The van der Waals surface area contributed by atoms with Crippen molar-refractivity contribution < 1.29 is 17.6 Å². The van der Waals surface area contributed by atoms with E-state index in [4.69, 9.17) is 27.6 Å². The topological polar surface area (TPSA) is 67.6 Å². The molecule has 0 N–H and O–H groups in total. The maximum absolute atomic E-state index is 12.6. The Kier molecular flexibility index (Phi) is 5.42. The van der Waals surface area contributed by atoms with Crippen LogP contribution in [0.25, 0.3) is 11.1 Å². The predicted molar refractivity (Wildman–Crippen MR) is 113 cm³/mol. The fourth-order valence-corrected chi connectivity index (χ4v) is 5.11. The fraction of sp³-hybridized carbons (Fsp3) is 0.190. The smallest absolute Gasteiger partial charge is 0.253 e. The van der Waals surface area contributed by atoms with Crippen molar-refractivity contribution in [2.24, 2.45) is 0 Å². The van der Waals surface area contributed by atoms with Crippen LogP contribution in [0, 0.1) is 0 Å². The van der Waals surface area contributed by atoms with E-state index in [2.05, 4.69) is 0 Å². The summed E-state index contributed by atoms with van der Waals surface area (Å²) < 4.78 is 30.0. The summed E-state index contributed by atoms with van der Waals surface area (Å²) >= 11 is 12.0. The van der Waals surface area contributed by atoms with Crippen LogP contribution in [0.3, 0.4) is 0 Å². The molecule has 8 heteroatoms. The van der Waals surface area contributed by atoms with Gasteiger partial charge in [-0.1, -0.05) is 41.4 Å². The number of likely N-dealkylation sites (tertiary alicyclic amines) is 1. The second kappa shape index (κ2) is 7.86. The number of sulfone groups is 1. The van der Waals surface area contributed by atoms with E-state index in [1.54, 1.807) is 41.3 Å². The first-order valence-corrected chi connectivity index (χ1v) is 11.4. The molecule has 1 amide bonds. The van der Waals surface area contributed by atoms with Crippen LogP contribution in [0.2, 0.25) is 10.0 Å². The van der Waals surface area contributed by atoms with Gasteiger partial charge < -0.3 is 9.32 Å². The highest BCUT2D eigenvalue weighted by molar-refractivity contribution is 7.91. The second-order valence-electron chi connectivity index (χ2n) is 6.92. The number of hydrogen-bond acceptors (Lipinski definition) is 4. The van der Waals surface area contributed by atoms with Crippen molar-refractivity contribution in [1.82, 2.24) is 4.90 Å². The molecule has 0 aliphatic carbocycles. The third-order valence-corrected chi connectivity index (χ3v) is 7.69. The Morgan fingerprint density at radius 3 is 2.31 bits per heavy atom.